The van der Waals surface area contributed by atoms with Crippen LogP contribution < -0.4 is 0 Å². The van der Waals surface area contributed by atoms with Gasteiger partial charge in [0.2, 0.25) is 0 Å². The Kier molecular flexibility index (Phi) is 4.19. The summed E-state index contributed by atoms with van der Waals surface area (Å²) in [5.74, 6) is -3.44. The van der Waals surface area contributed by atoms with E-state index < -0.39 is 37.9 Å². The second kappa shape index (κ2) is 5.57. The minimum atomic E-state index is -4.18. The van der Waals surface area contributed by atoms with Crippen LogP contribution in [0.1, 0.15) is 5.56 Å². The van der Waals surface area contributed by atoms with Crippen LogP contribution in [-0.4, -0.2) is 8.42 Å². The molecule has 2 nitrogen and oxygen atoms in total. The SMILES string of the molecule is O=S(=O)(Cc1cccc(Br)c1F)c1cc(F)ccc1F. The lowest BCUT2D eigenvalue weighted by Crippen LogP contribution is -2.09. The van der Waals surface area contributed by atoms with Gasteiger partial charge in [-0.15, -0.1) is 0 Å². The highest BCUT2D eigenvalue weighted by atomic mass is 79.9. The van der Waals surface area contributed by atoms with Gasteiger partial charge in [-0.05, 0) is 40.2 Å². The monoisotopic (exact) mass is 364 g/mol. The first-order valence-electron chi connectivity index (χ1n) is 5.42. The average Bonchev–Trinajstić information content (AvgIpc) is 2.37. The first kappa shape index (κ1) is 15.1. The summed E-state index contributed by atoms with van der Waals surface area (Å²) in [6.07, 6.45) is 0. The van der Waals surface area contributed by atoms with Crippen LogP contribution in [0.3, 0.4) is 0 Å². The Hall–Kier alpha value is -1.34. The van der Waals surface area contributed by atoms with E-state index in [9.17, 15) is 21.6 Å². The zero-order chi connectivity index (χ0) is 14.9. The van der Waals surface area contributed by atoms with Gasteiger partial charge in [0, 0.05) is 5.56 Å². The molecule has 106 valence electrons. The van der Waals surface area contributed by atoms with Gasteiger partial charge in [-0.1, -0.05) is 12.1 Å². The van der Waals surface area contributed by atoms with Crippen LogP contribution in [0.5, 0.6) is 0 Å². The molecule has 0 saturated carbocycles. The maximum absolute atomic E-state index is 13.7. The van der Waals surface area contributed by atoms with E-state index in [0.29, 0.717) is 6.07 Å². The van der Waals surface area contributed by atoms with E-state index in [2.05, 4.69) is 15.9 Å². The van der Waals surface area contributed by atoms with E-state index in [0.717, 1.165) is 12.1 Å². The third-order valence-electron chi connectivity index (χ3n) is 2.61. The molecule has 2 rings (SSSR count). The molecular formula is C13H8BrF3O2S. The van der Waals surface area contributed by atoms with Crippen molar-refractivity contribution in [1.82, 2.24) is 0 Å². The van der Waals surface area contributed by atoms with Crippen LogP contribution in [0.25, 0.3) is 0 Å². The maximum Gasteiger partial charge on any atom is 0.185 e. The molecule has 0 bridgehead atoms. The van der Waals surface area contributed by atoms with Gasteiger partial charge in [0.1, 0.15) is 22.3 Å². The lowest BCUT2D eigenvalue weighted by atomic mass is 10.2. The number of rotatable bonds is 3. The van der Waals surface area contributed by atoms with E-state index in [1.807, 2.05) is 0 Å². The fraction of sp³-hybridized carbons (Fsp3) is 0.0769. The smallest absolute Gasteiger partial charge is 0.185 e. The molecule has 0 aliphatic rings. The van der Waals surface area contributed by atoms with Crippen LogP contribution in [0.4, 0.5) is 13.2 Å². The highest BCUT2D eigenvalue weighted by Crippen LogP contribution is 2.24. The highest BCUT2D eigenvalue weighted by molar-refractivity contribution is 9.10. The molecule has 20 heavy (non-hydrogen) atoms. The minimum Gasteiger partial charge on any atom is -0.223 e. The van der Waals surface area contributed by atoms with E-state index in [-0.39, 0.29) is 10.0 Å². The molecule has 0 aliphatic heterocycles. The summed E-state index contributed by atoms with van der Waals surface area (Å²) >= 11 is 2.93. The molecule has 2 aromatic rings. The molecule has 0 aromatic heterocycles. The lowest BCUT2D eigenvalue weighted by Gasteiger charge is -2.07. The minimum absolute atomic E-state index is 0.102. The summed E-state index contributed by atoms with van der Waals surface area (Å²) in [6, 6.07) is 6.26. The predicted molar refractivity (Wildman–Crippen MR) is 71.3 cm³/mol. The van der Waals surface area contributed by atoms with Crippen molar-refractivity contribution in [2.45, 2.75) is 10.6 Å². The van der Waals surface area contributed by atoms with Crippen molar-refractivity contribution in [2.75, 3.05) is 0 Å². The van der Waals surface area contributed by atoms with Crippen molar-refractivity contribution in [3.8, 4) is 0 Å². The number of hydrogen-bond donors (Lipinski definition) is 0. The zero-order valence-electron chi connectivity index (χ0n) is 9.91. The number of halogens is 4. The van der Waals surface area contributed by atoms with Crippen molar-refractivity contribution >= 4 is 25.8 Å². The molecule has 0 saturated heterocycles. The molecule has 0 heterocycles. The van der Waals surface area contributed by atoms with Crippen LogP contribution >= 0.6 is 15.9 Å². The fourth-order valence-electron chi connectivity index (χ4n) is 1.66. The standard InChI is InChI=1S/C13H8BrF3O2S/c14-10-3-1-2-8(13(10)17)7-20(18,19)12-6-9(15)4-5-11(12)16/h1-6H,7H2. The molecular weight excluding hydrogens is 357 g/mol. The van der Waals surface area contributed by atoms with Crippen molar-refractivity contribution in [3.05, 3.63) is 63.9 Å². The van der Waals surface area contributed by atoms with E-state index >= 15 is 0 Å². The van der Waals surface area contributed by atoms with Crippen LogP contribution in [0, 0.1) is 17.5 Å². The average molecular weight is 365 g/mol. The molecule has 0 unspecified atom stereocenters. The Morgan fingerprint density at radius 1 is 1.05 bits per heavy atom. The van der Waals surface area contributed by atoms with Gasteiger partial charge < -0.3 is 0 Å². The van der Waals surface area contributed by atoms with E-state index in [1.165, 1.54) is 18.2 Å². The van der Waals surface area contributed by atoms with Crippen LogP contribution in [-0.2, 0) is 15.6 Å². The Morgan fingerprint density at radius 3 is 2.45 bits per heavy atom. The third kappa shape index (κ3) is 3.04. The van der Waals surface area contributed by atoms with Gasteiger partial charge in [0.25, 0.3) is 0 Å². The Labute approximate surface area is 122 Å². The molecule has 0 amide bonds. The van der Waals surface area contributed by atoms with Crippen molar-refractivity contribution < 1.29 is 21.6 Å². The second-order valence-electron chi connectivity index (χ2n) is 4.05. The first-order chi connectivity index (χ1) is 9.31. The molecule has 2 aromatic carbocycles. The van der Waals surface area contributed by atoms with Crippen molar-refractivity contribution in [3.63, 3.8) is 0 Å². The number of benzene rings is 2. The quantitative estimate of drug-likeness (QED) is 0.828. The topological polar surface area (TPSA) is 34.1 Å². The van der Waals surface area contributed by atoms with Crippen LogP contribution in [0.15, 0.2) is 45.8 Å². The molecule has 0 atom stereocenters. The fourth-order valence-corrected chi connectivity index (χ4v) is 3.51. The van der Waals surface area contributed by atoms with Gasteiger partial charge in [0.05, 0.1) is 10.2 Å². The largest absolute Gasteiger partial charge is 0.223 e. The normalized spacial score (nSPS) is 11.6. The van der Waals surface area contributed by atoms with E-state index in [1.54, 1.807) is 0 Å². The molecule has 0 N–H and O–H groups in total. The molecule has 0 aliphatic carbocycles. The zero-order valence-corrected chi connectivity index (χ0v) is 12.3. The summed E-state index contributed by atoms with van der Waals surface area (Å²) < 4.78 is 64.5. The number of hydrogen-bond acceptors (Lipinski definition) is 2. The third-order valence-corrected chi connectivity index (χ3v) is 4.89. The summed E-state index contributed by atoms with van der Waals surface area (Å²) in [5, 5.41) is 0. The highest BCUT2D eigenvalue weighted by Gasteiger charge is 2.22. The van der Waals surface area contributed by atoms with Gasteiger partial charge in [-0.2, -0.15) is 0 Å². The van der Waals surface area contributed by atoms with E-state index in [4.69, 9.17) is 0 Å². The Bertz CT molecular complexity index is 760. The van der Waals surface area contributed by atoms with Gasteiger partial charge >= 0.3 is 0 Å². The Morgan fingerprint density at radius 2 is 1.75 bits per heavy atom. The second-order valence-corrected chi connectivity index (χ2v) is 6.86. The summed E-state index contributed by atoms with van der Waals surface area (Å²) in [7, 11) is -4.18. The molecule has 0 spiro atoms. The first-order valence-corrected chi connectivity index (χ1v) is 7.86. The van der Waals surface area contributed by atoms with Gasteiger partial charge in [-0.3, -0.25) is 0 Å². The molecule has 7 heteroatoms. The maximum atomic E-state index is 13.7. The Balaban J connectivity index is 2.46. The predicted octanol–water partition coefficient (Wildman–Crippen LogP) is 3.84. The van der Waals surface area contributed by atoms with Gasteiger partial charge in [0.15, 0.2) is 9.84 Å². The van der Waals surface area contributed by atoms with Crippen molar-refractivity contribution in [2.24, 2.45) is 0 Å². The summed E-state index contributed by atoms with van der Waals surface area (Å²) in [6.45, 7) is 0. The lowest BCUT2D eigenvalue weighted by molar-refractivity contribution is 0.550. The van der Waals surface area contributed by atoms with Gasteiger partial charge in [-0.25, -0.2) is 21.6 Å². The summed E-state index contributed by atoms with van der Waals surface area (Å²) in [4.78, 5) is -0.781. The molecule has 0 fully saturated rings. The summed E-state index contributed by atoms with van der Waals surface area (Å²) in [5.41, 5.74) is -0.122. The molecule has 0 radical (unpaired) electrons. The number of sulfone groups is 1. The van der Waals surface area contributed by atoms with Crippen molar-refractivity contribution in [1.29, 1.82) is 0 Å². The van der Waals surface area contributed by atoms with Crippen LogP contribution in [0.2, 0.25) is 0 Å².